The van der Waals surface area contributed by atoms with Crippen LogP contribution in [0.5, 0.6) is 5.75 Å². The lowest BCUT2D eigenvalue weighted by Crippen LogP contribution is -2.47. The second kappa shape index (κ2) is 14.6. The maximum absolute atomic E-state index is 13.8. The Morgan fingerprint density at radius 3 is 2.41 bits per heavy atom. The Bertz CT molecular complexity index is 1740. The van der Waals surface area contributed by atoms with Crippen LogP contribution < -0.4 is 15.4 Å². The van der Waals surface area contributed by atoms with Crippen molar-refractivity contribution in [3.8, 4) is 17.3 Å². The van der Waals surface area contributed by atoms with Crippen LogP contribution in [-0.2, 0) is 29.3 Å². The number of aromatic nitrogens is 6. The van der Waals surface area contributed by atoms with E-state index in [0.717, 1.165) is 42.4 Å². The third-order valence-electron chi connectivity index (χ3n) is 7.87. The molecule has 0 aliphatic heterocycles. The Kier molecular flexibility index (Phi) is 9.74. The molecule has 3 aromatic carbocycles. The fraction of sp³-hybridized carbons (Fsp3) is 0.294. The van der Waals surface area contributed by atoms with Gasteiger partial charge in [-0.05, 0) is 59.0 Å². The highest BCUT2D eigenvalue weighted by Gasteiger charge is 2.28. The molecule has 236 valence electrons. The Balaban J connectivity index is 1.17. The van der Waals surface area contributed by atoms with Gasteiger partial charge in [-0.2, -0.15) is 5.10 Å². The van der Waals surface area contributed by atoms with Crippen LogP contribution in [-0.4, -0.2) is 54.4 Å². The van der Waals surface area contributed by atoms with Crippen molar-refractivity contribution in [3.05, 3.63) is 107 Å². The molecular weight excluding hydrogens is 584 g/mol. The molecule has 1 aliphatic rings. The van der Waals surface area contributed by atoms with Crippen LogP contribution >= 0.6 is 0 Å². The zero-order chi connectivity index (χ0) is 31.7. The maximum atomic E-state index is 13.8. The second-order valence-electron chi connectivity index (χ2n) is 11.3. The van der Waals surface area contributed by atoms with Gasteiger partial charge in [0.05, 0.1) is 24.4 Å². The van der Waals surface area contributed by atoms with Crippen LogP contribution in [0.15, 0.2) is 84.9 Å². The van der Waals surface area contributed by atoms with Crippen molar-refractivity contribution in [2.75, 3.05) is 5.32 Å². The average molecular weight is 621 g/mol. The summed E-state index contributed by atoms with van der Waals surface area (Å²) in [7, 11) is 0. The molecular formula is C34H36N8O4. The first kappa shape index (κ1) is 30.7. The van der Waals surface area contributed by atoms with E-state index in [1.165, 1.54) is 4.68 Å². The summed E-state index contributed by atoms with van der Waals surface area (Å²) >= 11 is 0. The maximum Gasteiger partial charge on any atom is 0.274 e. The third kappa shape index (κ3) is 7.83. The third-order valence-corrected chi connectivity index (χ3v) is 7.87. The van der Waals surface area contributed by atoms with Crippen LogP contribution in [0, 0.1) is 6.92 Å². The summed E-state index contributed by atoms with van der Waals surface area (Å²) in [6.45, 7) is 2.57. The molecule has 1 saturated carbocycles. The van der Waals surface area contributed by atoms with E-state index in [0.29, 0.717) is 30.3 Å². The normalized spacial score (nSPS) is 16.1. The molecule has 5 aromatic rings. The van der Waals surface area contributed by atoms with Crippen LogP contribution in [0.25, 0.3) is 11.5 Å². The number of carbonyl (C=O) groups is 2. The fourth-order valence-corrected chi connectivity index (χ4v) is 5.52. The summed E-state index contributed by atoms with van der Waals surface area (Å²) in [4.78, 5) is 27.2. The lowest BCUT2D eigenvalue weighted by molar-refractivity contribution is -0.124. The topological polar surface area (TPSA) is 149 Å². The lowest BCUT2D eigenvalue weighted by Gasteiger charge is -2.32. The molecule has 6 rings (SSSR count). The number of amides is 2. The SMILES string of the molecule is Cc1ccc(OCc2ccccc2)c(NC(=O)c2cc(-c3nnn[nH]3)nn2CC(=O)N[C@H]2CCCC[C@@H]2OCc2ccccc2)c1. The van der Waals surface area contributed by atoms with Crippen molar-refractivity contribution in [3.63, 3.8) is 0 Å². The molecule has 0 bridgehead atoms. The highest BCUT2D eigenvalue weighted by Crippen LogP contribution is 2.28. The number of tetrazole rings is 1. The molecule has 2 amide bonds. The molecule has 1 fully saturated rings. The summed E-state index contributed by atoms with van der Waals surface area (Å²) in [6, 6.07) is 26.8. The van der Waals surface area contributed by atoms with Crippen molar-refractivity contribution in [2.45, 2.75) is 64.5 Å². The van der Waals surface area contributed by atoms with E-state index in [-0.39, 0.29) is 36.1 Å². The Morgan fingerprint density at radius 1 is 0.935 bits per heavy atom. The Hall–Kier alpha value is -5.36. The number of aromatic amines is 1. The standard InChI is InChI=1S/C34H36N8O4/c1-23-16-17-31(46-22-25-12-6-3-7-13-25)27(18-23)36-34(44)29-19-28(33-37-40-41-38-33)39-42(29)20-32(43)35-26-14-8-9-15-30(26)45-21-24-10-4-2-5-11-24/h2-7,10-13,16-19,26,30H,8-9,14-15,20-22H2,1H3,(H,35,43)(H,36,44)(H,37,38,40,41)/t26-,30-/m0/s1. The van der Waals surface area contributed by atoms with Gasteiger partial charge in [0, 0.05) is 6.07 Å². The fourth-order valence-electron chi connectivity index (χ4n) is 5.52. The summed E-state index contributed by atoms with van der Waals surface area (Å²) in [5, 5.41) is 24.5. The summed E-state index contributed by atoms with van der Waals surface area (Å²) in [6.07, 6.45) is 3.61. The smallest absolute Gasteiger partial charge is 0.274 e. The summed E-state index contributed by atoms with van der Waals surface area (Å²) < 4.78 is 13.7. The van der Waals surface area contributed by atoms with Crippen LogP contribution in [0.2, 0.25) is 0 Å². The molecule has 46 heavy (non-hydrogen) atoms. The van der Waals surface area contributed by atoms with Gasteiger partial charge in [-0.25, -0.2) is 9.78 Å². The van der Waals surface area contributed by atoms with Crippen molar-refractivity contribution in [2.24, 2.45) is 0 Å². The van der Waals surface area contributed by atoms with Gasteiger partial charge in [0.15, 0.2) is 5.82 Å². The molecule has 2 atom stereocenters. The van der Waals surface area contributed by atoms with E-state index >= 15 is 0 Å². The van der Waals surface area contributed by atoms with Gasteiger partial charge in [0.2, 0.25) is 5.91 Å². The number of hydrogen-bond acceptors (Lipinski definition) is 8. The van der Waals surface area contributed by atoms with Crippen molar-refractivity contribution < 1.29 is 19.1 Å². The Morgan fingerprint density at radius 2 is 1.67 bits per heavy atom. The first-order valence-electron chi connectivity index (χ1n) is 15.4. The van der Waals surface area contributed by atoms with Crippen LogP contribution in [0.4, 0.5) is 5.69 Å². The molecule has 1 aliphatic carbocycles. The number of nitrogens with zero attached hydrogens (tertiary/aromatic N) is 5. The highest BCUT2D eigenvalue weighted by molar-refractivity contribution is 6.04. The molecule has 0 spiro atoms. The predicted molar refractivity (Wildman–Crippen MR) is 171 cm³/mol. The van der Waals surface area contributed by atoms with Gasteiger partial charge < -0.3 is 20.1 Å². The zero-order valence-electron chi connectivity index (χ0n) is 25.6. The van der Waals surface area contributed by atoms with Gasteiger partial charge in [0.1, 0.15) is 30.3 Å². The average Bonchev–Trinajstić information content (AvgIpc) is 3.76. The zero-order valence-corrected chi connectivity index (χ0v) is 25.6. The number of nitrogens with one attached hydrogen (secondary N) is 3. The van der Waals surface area contributed by atoms with Gasteiger partial charge in [-0.1, -0.05) is 79.6 Å². The number of aryl methyl sites for hydroxylation is 1. The Labute approximate surface area is 266 Å². The minimum Gasteiger partial charge on any atom is -0.487 e. The van der Waals surface area contributed by atoms with Gasteiger partial charge in [0.25, 0.3) is 5.91 Å². The van der Waals surface area contributed by atoms with Gasteiger partial charge in [-0.15, -0.1) is 5.10 Å². The number of anilines is 1. The predicted octanol–water partition coefficient (Wildman–Crippen LogP) is 4.85. The number of benzene rings is 3. The molecule has 3 N–H and O–H groups in total. The molecule has 12 nitrogen and oxygen atoms in total. The molecule has 2 aromatic heterocycles. The number of ether oxygens (including phenoxy) is 2. The quantitative estimate of drug-likeness (QED) is 0.179. The minimum absolute atomic E-state index is 0.107. The van der Waals surface area contributed by atoms with E-state index in [4.69, 9.17) is 9.47 Å². The first-order valence-corrected chi connectivity index (χ1v) is 15.4. The molecule has 0 saturated heterocycles. The molecule has 12 heteroatoms. The lowest BCUT2D eigenvalue weighted by atomic mass is 9.92. The minimum atomic E-state index is -0.462. The number of carbonyl (C=O) groups excluding carboxylic acids is 2. The first-order chi connectivity index (χ1) is 22.5. The van der Waals surface area contributed by atoms with E-state index in [1.807, 2.05) is 85.8 Å². The number of rotatable bonds is 12. The van der Waals surface area contributed by atoms with Crippen molar-refractivity contribution in [1.82, 2.24) is 35.7 Å². The van der Waals surface area contributed by atoms with E-state index in [1.54, 1.807) is 6.07 Å². The van der Waals surface area contributed by atoms with Crippen LogP contribution in [0.1, 0.15) is 52.9 Å². The van der Waals surface area contributed by atoms with Crippen molar-refractivity contribution >= 4 is 17.5 Å². The van der Waals surface area contributed by atoms with E-state index < -0.39 is 5.91 Å². The van der Waals surface area contributed by atoms with Gasteiger partial charge in [-0.3, -0.25) is 9.59 Å². The van der Waals surface area contributed by atoms with E-state index in [2.05, 4.69) is 36.4 Å². The highest BCUT2D eigenvalue weighted by atomic mass is 16.5. The van der Waals surface area contributed by atoms with Crippen LogP contribution in [0.3, 0.4) is 0 Å². The summed E-state index contributed by atoms with van der Waals surface area (Å²) in [5.74, 6) is 0.0559. The van der Waals surface area contributed by atoms with Crippen molar-refractivity contribution in [1.29, 1.82) is 0 Å². The molecule has 0 unspecified atom stereocenters. The summed E-state index contributed by atoms with van der Waals surface area (Å²) in [5.41, 5.74) is 4.02. The van der Waals surface area contributed by atoms with E-state index in [9.17, 15) is 9.59 Å². The molecule has 0 radical (unpaired) electrons. The number of hydrogen-bond donors (Lipinski definition) is 3. The molecule has 2 heterocycles. The monoisotopic (exact) mass is 620 g/mol. The largest absolute Gasteiger partial charge is 0.487 e. The van der Waals surface area contributed by atoms with Gasteiger partial charge >= 0.3 is 0 Å². The number of H-pyrrole nitrogens is 1. The second-order valence-corrected chi connectivity index (χ2v) is 11.3.